The summed E-state index contributed by atoms with van der Waals surface area (Å²) in [6.45, 7) is 12.3. The lowest BCUT2D eigenvalue weighted by molar-refractivity contribution is -0.132. The van der Waals surface area contributed by atoms with Gasteiger partial charge < -0.3 is 14.7 Å². The van der Waals surface area contributed by atoms with Crippen LogP contribution in [0.5, 0.6) is 5.75 Å². The third-order valence-corrected chi connectivity index (χ3v) is 7.63. The zero-order valence-electron chi connectivity index (χ0n) is 25.0. The average Bonchev–Trinajstić information content (AvgIpc) is 3.17. The molecule has 6 nitrogen and oxygen atoms in total. The first-order valence-electron chi connectivity index (χ1n) is 13.6. The van der Waals surface area contributed by atoms with Crippen molar-refractivity contribution in [3.8, 4) is 5.75 Å². The van der Waals surface area contributed by atoms with Crippen LogP contribution in [0.25, 0.3) is 5.76 Å². The van der Waals surface area contributed by atoms with Crippen molar-refractivity contribution in [2.45, 2.75) is 58.9 Å². The number of rotatable bonds is 6. The highest BCUT2D eigenvalue weighted by molar-refractivity contribution is 6.51. The molecule has 210 valence electrons. The normalized spacial score (nSPS) is 17.1. The van der Waals surface area contributed by atoms with Gasteiger partial charge in [-0.05, 0) is 76.9 Å². The molecule has 1 aliphatic heterocycles. The highest BCUT2D eigenvalue weighted by Crippen LogP contribution is 2.44. The fraction of sp³-hybridized carbons (Fsp3) is 0.353. The first-order chi connectivity index (χ1) is 18.8. The zero-order chi connectivity index (χ0) is 29.5. The van der Waals surface area contributed by atoms with Crippen LogP contribution < -0.4 is 14.5 Å². The summed E-state index contributed by atoms with van der Waals surface area (Å²) in [4.78, 5) is 30.8. The Hall–Kier alpha value is -4.06. The van der Waals surface area contributed by atoms with Crippen LogP contribution in [0.2, 0.25) is 0 Å². The van der Waals surface area contributed by atoms with Crippen LogP contribution in [0.4, 0.5) is 11.4 Å². The lowest BCUT2D eigenvalue weighted by Crippen LogP contribution is -2.29. The molecule has 1 aliphatic rings. The van der Waals surface area contributed by atoms with E-state index in [-0.39, 0.29) is 22.7 Å². The number of hydrogen-bond acceptors (Lipinski definition) is 5. The summed E-state index contributed by atoms with van der Waals surface area (Å²) in [7, 11) is 5.53. The van der Waals surface area contributed by atoms with Gasteiger partial charge in [0.05, 0.1) is 18.7 Å². The molecule has 0 aromatic heterocycles. The molecule has 1 unspecified atom stereocenters. The monoisotopic (exact) mass is 540 g/mol. The van der Waals surface area contributed by atoms with Gasteiger partial charge in [-0.2, -0.15) is 0 Å². The Kier molecular flexibility index (Phi) is 7.84. The SMILES string of the molecule is COc1cc(C)c(/C(O)=C2\C(=O)C(=O)N(c3ccc(C(C)(C)C)cc3)C2c2ccc(N(C)C)cc2)cc1C(C)C. The smallest absolute Gasteiger partial charge is 0.300 e. The quantitative estimate of drug-likeness (QED) is 0.205. The molecule has 3 aromatic carbocycles. The van der Waals surface area contributed by atoms with Gasteiger partial charge in [0.15, 0.2) is 0 Å². The molecule has 1 fully saturated rings. The maximum Gasteiger partial charge on any atom is 0.300 e. The number of carbonyl (C=O) groups excluding carboxylic acids is 2. The zero-order valence-corrected chi connectivity index (χ0v) is 25.0. The van der Waals surface area contributed by atoms with E-state index in [1.165, 1.54) is 4.90 Å². The summed E-state index contributed by atoms with van der Waals surface area (Å²) in [5.41, 5.74) is 5.64. The largest absolute Gasteiger partial charge is 0.507 e. The van der Waals surface area contributed by atoms with E-state index in [0.717, 1.165) is 33.7 Å². The summed E-state index contributed by atoms with van der Waals surface area (Å²) in [5.74, 6) is -0.710. The summed E-state index contributed by atoms with van der Waals surface area (Å²) in [5, 5.41) is 11.8. The van der Waals surface area contributed by atoms with E-state index >= 15 is 0 Å². The highest BCUT2D eigenvalue weighted by atomic mass is 16.5. The van der Waals surface area contributed by atoms with Gasteiger partial charge >= 0.3 is 0 Å². The second-order valence-electron chi connectivity index (χ2n) is 12.0. The molecule has 0 radical (unpaired) electrons. The predicted octanol–water partition coefficient (Wildman–Crippen LogP) is 7.12. The Morgan fingerprint density at radius 1 is 0.975 bits per heavy atom. The Bertz CT molecular complexity index is 1460. The molecule has 0 spiro atoms. The molecular weight excluding hydrogens is 500 g/mol. The number of aliphatic hydroxyl groups excluding tert-OH is 1. The number of ether oxygens (including phenoxy) is 1. The number of Topliss-reactive ketones (excluding diaryl/α,β-unsaturated/α-hetero) is 1. The molecular formula is C34H40N2O4. The lowest BCUT2D eigenvalue weighted by Gasteiger charge is -2.27. The number of benzene rings is 3. The number of anilines is 2. The topological polar surface area (TPSA) is 70.1 Å². The van der Waals surface area contributed by atoms with Gasteiger partial charge in [-0.25, -0.2) is 0 Å². The molecule has 4 rings (SSSR count). The van der Waals surface area contributed by atoms with Crippen molar-refractivity contribution in [2.24, 2.45) is 0 Å². The van der Waals surface area contributed by atoms with Crippen LogP contribution in [0, 0.1) is 6.92 Å². The number of carbonyl (C=O) groups is 2. The van der Waals surface area contributed by atoms with Gasteiger partial charge in [0.2, 0.25) is 0 Å². The fourth-order valence-corrected chi connectivity index (χ4v) is 5.22. The Morgan fingerprint density at radius 3 is 2.08 bits per heavy atom. The van der Waals surface area contributed by atoms with Gasteiger partial charge in [0, 0.05) is 31.0 Å². The molecule has 40 heavy (non-hydrogen) atoms. The lowest BCUT2D eigenvalue weighted by atomic mass is 9.87. The van der Waals surface area contributed by atoms with Gasteiger partial charge in [-0.3, -0.25) is 14.5 Å². The Morgan fingerprint density at radius 2 is 1.57 bits per heavy atom. The number of ketones is 1. The standard InChI is InChI=1S/C34H40N2O4/c1-20(2)26-19-27(21(3)18-28(26)40-9)31(37)29-30(22-10-14-24(15-11-22)35(7)8)36(33(39)32(29)38)25-16-12-23(13-17-25)34(4,5)6/h10-20,30,37H,1-9H3/b31-29+. The first kappa shape index (κ1) is 28.9. The van der Waals surface area contributed by atoms with E-state index < -0.39 is 17.7 Å². The molecule has 1 saturated heterocycles. The number of aryl methyl sites for hydroxylation is 1. The van der Waals surface area contributed by atoms with Crippen molar-refractivity contribution >= 4 is 28.8 Å². The molecule has 6 heteroatoms. The summed E-state index contributed by atoms with van der Waals surface area (Å²) in [6.07, 6.45) is 0. The molecule has 0 aliphatic carbocycles. The van der Waals surface area contributed by atoms with Crippen LogP contribution in [-0.4, -0.2) is 38.0 Å². The summed E-state index contributed by atoms with van der Waals surface area (Å²) in [6, 6.07) is 18.4. The number of nitrogens with zero attached hydrogens (tertiary/aromatic N) is 2. The van der Waals surface area contributed by atoms with Crippen LogP contribution in [0.3, 0.4) is 0 Å². The molecule has 3 aromatic rings. The second kappa shape index (κ2) is 10.8. The molecule has 0 bridgehead atoms. The first-order valence-corrected chi connectivity index (χ1v) is 13.6. The molecule has 1 atom stereocenters. The third kappa shape index (κ3) is 5.23. The van der Waals surface area contributed by atoms with Crippen LogP contribution >= 0.6 is 0 Å². The number of aliphatic hydroxyl groups is 1. The van der Waals surface area contributed by atoms with Crippen molar-refractivity contribution in [3.63, 3.8) is 0 Å². The van der Waals surface area contributed by atoms with E-state index in [2.05, 4.69) is 20.8 Å². The molecule has 1 amide bonds. The van der Waals surface area contributed by atoms with E-state index in [9.17, 15) is 14.7 Å². The van der Waals surface area contributed by atoms with E-state index in [4.69, 9.17) is 4.74 Å². The van der Waals surface area contributed by atoms with E-state index in [1.807, 2.05) is 100 Å². The minimum Gasteiger partial charge on any atom is -0.507 e. The maximum atomic E-state index is 13.7. The van der Waals surface area contributed by atoms with Crippen LogP contribution in [0.1, 0.15) is 74.4 Å². The van der Waals surface area contributed by atoms with Crippen molar-refractivity contribution in [1.29, 1.82) is 0 Å². The van der Waals surface area contributed by atoms with Gasteiger partial charge in [-0.15, -0.1) is 0 Å². The number of hydrogen-bond donors (Lipinski definition) is 1. The van der Waals surface area contributed by atoms with Crippen molar-refractivity contribution in [2.75, 3.05) is 31.0 Å². The molecule has 1 N–H and O–H groups in total. The fourth-order valence-electron chi connectivity index (χ4n) is 5.22. The van der Waals surface area contributed by atoms with E-state index in [0.29, 0.717) is 11.3 Å². The number of amides is 1. The molecule has 0 saturated carbocycles. The summed E-state index contributed by atoms with van der Waals surface area (Å²) < 4.78 is 5.58. The van der Waals surface area contributed by atoms with Gasteiger partial charge in [-0.1, -0.05) is 58.9 Å². The maximum absolute atomic E-state index is 13.7. The van der Waals surface area contributed by atoms with Crippen LogP contribution in [-0.2, 0) is 15.0 Å². The van der Waals surface area contributed by atoms with Crippen molar-refractivity contribution in [3.05, 3.63) is 94.1 Å². The van der Waals surface area contributed by atoms with Crippen molar-refractivity contribution < 1.29 is 19.4 Å². The van der Waals surface area contributed by atoms with Crippen LogP contribution in [0.15, 0.2) is 66.2 Å². The predicted molar refractivity (Wildman–Crippen MR) is 163 cm³/mol. The minimum absolute atomic E-state index is 0.0614. The minimum atomic E-state index is -0.791. The molecule has 1 heterocycles. The average molecular weight is 541 g/mol. The van der Waals surface area contributed by atoms with Gasteiger partial charge in [0.25, 0.3) is 11.7 Å². The van der Waals surface area contributed by atoms with E-state index in [1.54, 1.807) is 7.11 Å². The highest BCUT2D eigenvalue weighted by Gasteiger charge is 2.47. The number of methoxy groups -OCH3 is 1. The Labute approximate surface area is 237 Å². The summed E-state index contributed by atoms with van der Waals surface area (Å²) >= 11 is 0. The van der Waals surface area contributed by atoms with Crippen molar-refractivity contribution in [1.82, 2.24) is 0 Å². The van der Waals surface area contributed by atoms with Gasteiger partial charge in [0.1, 0.15) is 11.5 Å². The Balaban J connectivity index is 1.96. The third-order valence-electron chi connectivity index (χ3n) is 7.63. The second-order valence-corrected chi connectivity index (χ2v) is 12.0.